The van der Waals surface area contributed by atoms with Crippen LogP contribution in [0.25, 0.3) is 11.4 Å². The van der Waals surface area contributed by atoms with E-state index < -0.39 is 0 Å². The number of rotatable bonds is 2. The molecule has 17 heavy (non-hydrogen) atoms. The molecule has 1 aromatic heterocycles. The number of aromatic amines is 1. The summed E-state index contributed by atoms with van der Waals surface area (Å²) in [5.74, 6) is 0.977. The maximum Gasteiger partial charge on any atom is 0.195 e. The lowest BCUT2D eigenvalue weighted by atomic mass is 10.1. The van der Waals surface area contributed by atoms with Gasteiger partial charge in [-0.25, -0.2) is 0 Å². The monoisotopic (exact) mass is 357 g/mol. The highest BCUT2D eigenvalue weighted by Crippen LogP contribution is 2.39. The summed E-state index contributed by atoms with van der Waals surface area (Å²) in [5, 5.41) is 7.31. The van der Waals surface area contributed by atoms with Crippen LogP contribution < -0.4 is 0 Å². The van der Waals surface area contributed by atoms with Gasteiger partial charge in [0.1, 0.15) is 0 Å². The second-order valence-electron chi connectivity index (χ2n) is 4.39. The molecule has 1 N–H and O–H groups in total. The number of benzene rings is 1. The summed E-state index contributed by atoms with van der Waals surface area (Å²) >= 11 is 7.68. The Labute approximate surface area is 118 Å². The van der Waals surface area contributed by atoms with E-state index in [9.17, 15) is 0 Å². The lowest BCUT2D eigenvalue weighted by Crippen LogP contribution is -1.99. The van der Waals surface area contributed by atoms with Crippen LogP contribution in [0, 0.1) is 15.3 Å². The van der Waals surface area contributed by atoms with Crippen molar-refractivity contribution in [2.75, 3.05) is 0 Å². The van der Waals surface area contributed by atoms with Crippen molar-refractivity contribution in [3.8, 4) is 11.4 Å². The Hall–Kier alpha value is -0.690. The van der Waals surface area contributed by atoms with Crippen LogP contribution in [0.4, 0.5) is 0 Å². The van der Waals surface area contributed by atoms with E-state index in [-0.39, 0.29) is 0 Å². The maximum absolute atomic E-state index is 5.31. The smallest absolute Gasteiger partial charge is 0.195 e. The SMILES string of the molecule is Cc1cccc(-c2n[nH]c(=S)n2C2CC2)c1I. The van der Waals surface area contributed by atoms with E-state index in [4.69, 9.17) is 12.2 Å². The highest BCUT2D eigenvalue weighted by atomic mass is 127. The molecule has 1 fully saturated rings. The molecule has 0 saturated heterocycles. The van der Waals surface area contributed by atoms with E-state index in [2.05, 4.69) is 62.5 Å². The summed E-state index contributed by atoms with van der Waals surface area (Å²) in [4.78, 5) is 0. The average molecular weight is 357 g/mol. The molecule has 88 valence electrons. The first-order valence-corrected chi connectivity index (χ1v) is 7.09. The zero-order chi connectivity index (χ0) is 12.0. The van der Waals surface area contributed by atoms with Gasteiger partial charge in [-0.1, -0.05) is 18.2 Å². The van der Waals surface area contributed by atoms with Crippen molar-refractivity contribution in [3.05, 3.63) is 32.1 Å². The lowest BCUT2D eigenvalue weighted by molar-refractivity contribution is 0.734. The normalized spacial score (nSPS) is 15.2. The van der Waals surface area contributed by atoms with Gasteiger partial charge in [-0.2, -0.15) is 5.10 Å². The average Bonchev–Trinajstić information content (AvgIpc) is 3.07. The first-order valence-electron chi connectivity index (χ1n) is 5.61. The summed E-state index contributed by atoms with van der Waals surface area (Å²) in [6, 6.07) is 6.85. The number of aromatic nitrogens is 3. The van der Waals surface area contributed by atoms with Gasteiger partial charge in [-0.15, -0.1) is 0 Å². The van der Waals surface area contributed by atoms with Gasteiger partial charge in [0.15, 0.2) is 10.6 Å². The highest BCUT2D eigenvalue weighted by Gasteiger charge is 2.28. The summed E-state index contributed by atoms with van der Waals surface area (Å²) in [6.45, 7) is 2.12. The third-order valence-electron chi connectivity index (χ3n) is 3.05. The van der Waals surface area contributed by atoms with Crippen molar-refractivity contribution in [1.29, 1.82) is 0 Å². The Morgan fingerprint density at radius 3 is 2.94 bits per heavy atom. The molecule has 0 aliphatic heterocycles. The van der Waals surface area contributed by atoms with Crippen LogP contribution in [0.15, 0.2) is 18.2 Å². The van der Waals surface area contributed by atoms with Crippen LogP contribution in [0.2, 0.25) is 0 Å². The fourth-order valence-corrected chi connectivity index (χ4v) is 2.87. The van der Waals surface area contributed by atoms with E-state index in [0.29, 0.717) is 6.04 Å². The van der Waals surface area contributed by atoms with Crippen molar-refractivity contribution in [2.45, 2.75) is 25.8 Å². The van der Waals surface area contributed by atoms with E-state index >= 15 is 0 Å². The number of nitrogens with zero attached hydrogens (tertiary/aromatic N) is 2. The molecule has 1 heterocycles. The third kappa shape index (κ3) is 1.95. The number of hydrogen-bond acceptors (Lipinski definition) is 2. The van der Waals surface area contributed by atoms with E-state index in [0.717, 1.165) is 10.6 Å². The van der Waals surface area contributed by atoms with Crippen LogP contribution >= 0.6 is 34.8 Å². The molecule has 1 aliphatic carbocycles. The number of hydrogen-bond donors (Lipinski definition) is 1. The van der Waals surface area contributed by atoms with Crippen LogP contribution in [0.3, 0.4) is 0 Å². The molecule has 0 atom stereocenters. The van der Waals surface area contributed by atoms with E-state index in [1.807, 2.05) is 0 Å². The summed E-state index contributed by atoms with van der Waals surface area (Å²) in [5.41, 5.74) is 2.45. The molecule has 0 radical (unpaired) electrons. The molecule has 1 aliphatic rings. The predicted molar refractivity (Wildman–Crippen MR) is 78.6 cm³/mol. The standard InChI is InChI=1S/C12H12IN3S/c1-7-3-2-4-9(10(7)13)11-14-15-12(17)16(11)8-5-6-8/h2-4,8H,5-6H2,1H3,(H,15,17). The van der Waals surface area contributed by atoms with Gasteiger partial charge in [0, 0.05) is 15.2 Å². The molecule has 0 unspecified atom stereocenters. The van der Waals surface area contributed by atoms with Crippen molar-refractivity contribution >= 4 is 34.8 Å². The van der Waals surface area contributed by atoms with Crippen LogP contribution in [-0.4, -0.2) is 14.8 Å². The fraction of sp³-hybridized carbons (Fsp3) is 0.333. The van der Waals surface area contributed by atoms with Crippen molar-refractivity contribution < 1.29 is 0 Å². The van der Waals surface area contributed by atoms with Gasteiger partial charge in [-0.05, 0) is 60.1 Å². The molecular weight excluding hydrogens is 345 g/mol. The molecule has 1 aromatic carbocycles. The fourth-order valence-electron chi connectivity index (χ4n) is 1.99. The Morgan fingerprint density at radius 1 is 1.47 bits per heavy atom. The maximum atomic E-state index is 5.31. The zero-order valence-corrected chi connectivity index (χ0v) is 12.4. The highest BCUT2D eigenvalue weighted by molar-refractivity contribution is 14.1. The first-order chi connectivity index (χ1) is 8.18. The predicted octanol–water partition coefficient (Wildman–Crippen LogP) is 3.86. The van der Waals surface area contributed by atoms with Crippen LogP contribution in [0.5, 0.6) is 0 Å². The summed E-state index contributed by atoms with van der Waals surface area (Å²) in [7, 11) is 0. The minimum atomic E-state index is 0.549. The van der Waals surface area contributed by atoms with Gasteiger partial charge in [0.05, 0.1) is 0 Å². The molecule has 0 spiro atoms. The minimum Gasteiger partial charge on any atom is -0.297 e. The van der Waals surface area contributed by atoms with E-state index in [1.54, 1.807) is 0 Å². The number of H-pyrrole nitrogens is 1. The minimum absolute atomic E-state index is 0.549. The third-order valence-corrected chi connectivity index (χ3v) is 4.77. The molecule has 3 rings (SSSR count). The van der Waals surface area contributed by atoms with Crippen LogP contribution in [-0.2, 0) is 0 Å². The summed E-state index contributed by atoms with van der Waals surface area (Å²) < 4.78 is 4.15. The largest absolute Gasteiger partial charge is 0.297 e. The first kappa shape index (κ1) is 11.4. The van der Waals surface area contributed by atoms with Gasteiger partial charge in [0.25, 0.3) is 0 Å². The molecule has 5 heteroatoms. The molecule has 3 nitrogen and oxygen atoms in total. The van der Waals surface area contributed by atoms with Crippen molar-refractivity contribution in [1.82, 2.24) is 14.8 Å². The Kier molecular flexibility index (Phi) is 2.82. The zero-order valence-electron chi connectivity index (χ0n) is 9.40. The Balaban J connectivity index is 2.21. The quantitative estimate of drug-likeness (QED) is 0.654. The topological polar surface area (TPSA) is 33.6 Å². The molecule has 0 bridgehead atoms. The van der Waals surface area contributed by atoms with Crippen molar-refractivity contribution in [3.63, 3.8) is 0 Å². The van der Waals surface area contributed by atoms with Gasteiger partial charge in [-0.3, -0.25) is 9.67 Å². The van der Waals surface area contributed by atoms with Gasteiger partial charge in [0.2, 0.25) is 0 Å². The van der Waals surface area contributed by atoms with Crippen LogP contribution in [0.1, 0.15) is 24.4 Å². The summed E-state index contributed by atoms with van der Waals surface area (Å²) in [6.07, 6.45) is 2.42. The molecule has 0 amide bonds. The van der Waals surface area contributed by atoms with E-state index in [1.165, 1.54) is 27.5 Å². The van der Waals surface area contributed by atoms with Gasteiger partial charge >= 0.3 is 0 Å². The number of halogens is 1. The van der Waals surface area contributed by atoms with Gasteiger partial charge < -0.3 is 0 Å². The molecule has 2 aromatic rings. The second-order valence-corrected chi connectivity index (χ2v) is 5.86. The number of nitrogens with one attached hydrogen (secondary N) is 1. The molecular formula is C12H12IN3S. The Bertz CT molecular complexity index is 625. The van der Waals surface area contributed by atoms with Crippen molar-refractivity contribution in [2.24, 2.45) is 0 Å². The molecule has 1 saturated carbocycles. The second kappa shape index (κ2) is 4.20. The lowest BCUT2D eigenvalue weighted by Gasteiger charge is -2.08. The Morgan fingerprint density at radius 2 is 2.24 bits per heavy atom. The number of aryl methyl sites for hydroxylation is 1.